The number of aromatic hydroxyl groups is 4. The van der Waals surface area contributed by atoms with Gasteiger partial charge in [-0.1, -0.05) is 195 Å². The van der Waals surface area contributed by atoms with Crippen LogP contribution in [0.5, 0.6) is 34.5 Å². The van der Waals surface area contributed by atoms with E-state index >= 15 is 0 Å². The average molecular weight is 1950 g/mol. The standard InChI is InChI=1S/C25H28O3.C17H13N3O4.C16H17BrClN3.C15H10Br2F3NO.C13H6BrCl3F3N3/c1-16-6-8-23(26)19(10-16)14-21-12-18(3)13-22(25(21)28-5)15-20-11-17(2)7-9-24(20)27-4;21-16-6-5-15(20(23)24)17(22)13(16)9-18-10-14-12-4-2-1-3-11(12)7-8-19-14;1-16(2,3)12-8-14(18)15(9-13(12)17)21-20-10-11-6-4-5-7-19-11;16-12-5-10(14(22)13(17)6-12)8-21-7-9-1-3-11(4-2-9)15(18,19)20;14-9-3-8(15)1-6(11(9)17)4-22-23-12-10(16)2-7(5-21-12)13(18,19)20/h6-13,26H,14-15H2,1-5H3;1-9,21-22H,10H2;4-10,21H,1-3H3;1-6,8,22H,7H2;1-5H,(H,21,23)/b;;20-10+;;22-4+. The molecule has 0 saturated heterocycles. The number of aromatic nitrogens is 3. The molecule has 0 amide bonds. The van der Waals surface area contributed by atoms with E-state index in [9.17, 15) is 56.9 Å². The van der Waals surface area contributed by atoms with Gasteiger partial charge in [-0.15, -0.1) is 0 Å². The number of hydrazone groups is 2. The molecule has 12 aromatic rings. The maximum absolute atomic E-state index is 12.5. The van der Waals surface area contributed by atoms with Gasteiger partial charge >= 0.3 is 18.0 Å². The topological polar surface area (TPSA) is 255 Å². The first-order chi connectivity index (χ1) is 55.8. The Labute approximate surface area is 730 Å². The summed E-state index contributed by atoms with van der Waals surface area (Å²) in [5.74, 6) is 1.20. The predicted molar refractivity (Wildman–Crippen MR) is 473 cm³/mol. The Balaban J connectivity index is 0.000000185. The molecule has 0 bridgehead atoms. The number of nitro benzene ring substituents is 1. The second-order valence-electron chi connectivity index (χ2n) is 26.9. The minimum absolute atomic E-state index is 0.0202. The normalized spacial score (nSPS) is 11.5. The van der Waals surface area contributed by atoms with Crippen LogP contribution in [0.25, 0.3) is 10.8 Å². The van der Waals surface area contributed by atoms with Gasteiger partial charge in [-0.05, 0) is 188 Å². The van der Waals surface area contributed by atoms with Crippen molar-refractivity contribution in [1.82, 2.24) is 15.0 Å². The summed E-state index contributed by atoms with van der Waals surface area (Å²) >= 11 is 37.3. The largest absolute Gasteiger partial charge is 0.508 e. The third-order valence-electron chi connectivity index (χ3n) is 17.0. The van der Waals surface area contributed by atoms with Gasteiger partial charge in [0.25, 0.3) is 0 Å². The summed E-state index contributed by atoms with van der Waals surface area (Å²) in [7, 11) is 3.41. The van der Waals surface area contributed by atoms with Crippen molar-refractivity contribution in [3.8, 4) is 34.5 Å². The number of phenolic OH excluding ortho intramolecular Hbond substituents is 4. The molecule has 118 heavy (non-hydrogen) atoms. The van der Waals surface area contributed by atoms with Crippen LogP contribution in [-0.4, -0.2) is 79.4 Å². The predicted octanol–water partition coefficient (Wildman–Crippen LogP) is 25.8. The molecule has 32 heteroatoms. The molecule has 0 aliphatic heterocycles. The summed E-state index contributed by atoms with van der Waals surface area (Å²) in [5, 5.41) is 61.9. The Morgan fingerprint density at radius 1 is 0.551 bits per heavy atom. The molecule has 0 fully saturated rings. The van der Waals surface area contributed by atoms with Crippen LogP contribution in [0.4, 0.5) is 43.5 Å². The van der Waals surface area contributed by atoms with Crippen molar-refractivity contribution in [3.63, 3.8) is 0 Å². The van der Waals surface area contributed by atoms with E-state index in [0.29, 0.717) is 59.1 Å². The molecular weight excluding hydrogens is 1880 g/mol. The van der Waals surface area contributed by atoms with Crippen molar-refractivity contribution in [2.45, 2.75) is 85.2 Å². The van der Waals surface area contributed by atoms with E-state index in [4.69, 9.17) is 55.9 Å². The van der Waals surface area contributed by atoms with Gasteiger partial charge in [0.1, 0.15) is 28.7 Å². The van der Waals surface area contributed by atoms with Crippen LogP contribution in [0.2, 0.25) is 20.1 Å². The number of benzene rings is 9. The molecule has 0 aliphatic rings. The Hall–Kier alpha value is -10.2. The number of phenols is 4. The highest BCUT2D eigenvalue weighted by Crippen LogP contribution is 2.40. The van der Waals surface area contributed by atoms with E-state index in [0.717, 1.165) is 118 Å². The fraction of sp³-hybridized carbons (Fsp3) is 0.174. The van der Waals surface area contributed by atoms with Crippen molar-refractivity contribution >= 4 is 163 Å². The van der Waals surface area contributed by atoms with Gasteiger partial charge in [0.15, 0.2) is 5.82 Å². The Bertz CT molecular complexity index is 5670. The lowest BCUT2D eigenvalue weighted by Crippen LogP contribution is -2.12. The van der Waals surface area contributed by atoms with E-state index in [-0.39, 0.29) is 46.4 Å². The molecule has 0 unspecified atom stereocenters. The number of pyridine rings is 3. The molecule has 614 valence electrons. The number of fused-ring (bicyclic) bond motifs is 1. The first-order valence-electron chi connectivity index (χ1n) is 35.1. The fourth-order valence-corrected chi connectivity index (χ4v) is 14.8. The summed E-state index contributed by atoms with van der Waals surface area (Å²) in [5.41, 5.74) is 16.0. The number of rotatable bonds is 19. The Morgan fingerprint density at radius 3 is 1.83 bits per heavy atom. The van der Waals surface area contributed by atoms with Crippen molar-refractivity contribution in [2.24, 2.45) is 20.2 Å². The van der Waals surface area contributed by atoms with Crippen LogP contribution >= 0.6 is 110 Å². The number of methoxy groups -OCH3 is 2. The number of anilines is 2. The number of nitrogens with zero attached hydrogens (tertiary/aromatic N) is 8. The SMILES string of the molecule is CC(C)(C)c1cc(Cl)c(N/N=C/c2ccccn2)cc1Br.COc1ccc(C)cc1Cc1cc(C)cc(Cc2cc(C)ccc2O)c1OC.FC(F)(F)c1cnc(N/N=C/c2cc(Cl)cc(Br)c2Cl)c(Cl)c1.O=[N+]([O-])c1ccc(O)c(C=NCc2nccc3ccccc23)c1O.Oc1c(Br)cc(Br)cc1C=NCc1ccc(C(F)(F)F)cc1. The number of halogens is 14. The Morgan fingerprint density at radius 2 is 1.19 bits per heavy atom. The summed E-state index contributed by atoms with van der Waals surface area (Å²) < 4.78 is 89.2. The zero-order valence-corrected chi connectivity index (χ0v) is 73.3. The number of hydrogen-bond donors (Lipinski definition) is 6. The molecule has 6 N–H and O–H groups in total. The van der Waals surface area contributed by atoms with Gasteiger partial charge in [-0.3, -0.25) is 40.9 Å². The molecule has 0 atom stereocenters. The third kappa shape index (κ3) is 27.2. The fourth-order valence-electron chi connectivity index (χ4n) is 11.2. The number of nitrogens with one attached hydrogen (secondary N) is 2. The van der Waals surface area contributed by atoms with E-state index in [1.165, 1.54) is 41.9 Å². The first-order valence-corrected chi connectivity index (χ1v) is 39.8. The molecule has 0 saturated carbocycles. The first kappa shape index (κ1) is 93.3. The quantitative estimate of drug-likeness (QED) is 0.0145. The zero-order valence-electron chi connectivity index (χ0n) is 63.9. The molecular formula is C86H74Br4Cl4F6N10O8. The molecule has 12 rings (SSSR count). The van der Waals surface area contributed by atoms with Crippen LogP contribution in [0.3, 0.4) is 0 Å². The van der Waals surface area contributed by atoms with Crippen LogP contribution in [0.15, 0.2) is 233 Å². The highest BCUT2D eigenvalue weighted by atomic mass is 79.9. The molecule has 0 spiro atoms. The van der Waals surface area contributed by atoms with E-state index in [1.807, 2.05) is 85.8 Å². The zero-order chi connectivity index (χ0) is 86.3. The monoisotopic (exact) mass is 1940 g/mol. The lowest BCUT2D eigenvalue weighted by Gasteiger charge is -2.22. The van der Waals surface area contributed by atoms with Crippen LogP contribution in [0, 0.1) is 30.9 Å². The van der Waals surface area contributed by atoms with Gasteiger partial charge in [-0.25, -0.2) is 4.98 Å². The minimum Gasteiger partial charge on any atom is -0.508 e. The number of aliphatic imine (C=N–C) groups is 2. The number of nitro groups is 1. The molecule has 0 radical (unpaired) electrons. The average Bonchev–Trinajstić information content (AvgIpc) is 0.810. The second-order valence-corrected chi connectivity index (χ2v) is 32.0. The van der Waals surface area contributed by atoms with E-state index < -0.39 is 39.8 Å². The molecule has 3 aromatic heterocycles. The second kappa shape index (κ2) is 43.0. The summed E-state index contributed by atoms with van der Waals surface area (Å²) in [6.45, 7) is 13.1. The smallest absolute Gasteiger partial charge is 0.417 e. The summed E-state index contributed by atoms with van der Waals surface area (Å²) in [6.07, 6.45) is 2.24. The van der Waals surface area contributed by atoms with Crippen LogP contribution in [0.1, 0.15) is 110 Å². The van der Waals surface area contributed by atoms with Crippen molar-refractivity contribution in [3.05, 3.63) is 332 Å². The summed E-state index contributed by atoms with van der Waals surface area (Å²) in [6, 6.07) is 49.7. The highest BCUT2D eigenvalue weighted by molar-refractivity contribution is 9.11. The van der Waals surface area contributed by atoms with Crippen molar-refractivity contribution in [1.29, 1.82) is 0 Å². The van der Waals surface area contributed by atoms with Gasteiger partial charge < -0.3 is 29.9 Å². The van der Waals surface area contributed by atoms with Crippen molar-refractivity contribution in [2.75, 3.05) is 25.1 Å². The van der Waals surface area contributed by atoms with E-state index in [1.54, 1.807) is 63.2 Å². The maximum Gasteiger partial charge on any atom is 0.417 e. The van der Waals surface area contributed by atoms with Gasteiger partial charge in [0.2, 0.25) is 5.75 Å². The maximum atomic E-state index is 12.5. The number of ether oxygens (including phenoxy) is 2. The van der Waals surface area contributed by atoms with Crippen molar-refractivity contribution < 1.29 is 61.2 Å². The van der Waals surface area contributed by atoms with Gasteiger partial charge in [-0.2, -0.15) is 36.5 Å². The third-order valence-corrected chi connectivity index (χ3v) is 20.8. The van der Waals surface area contributed by atoms with Gasteiger partial charge in [0, 0.05) is 84.9 Å². The van der Waals surface area contributed by atoms with Crippen LogP contribution in [-0.2, 0) is 43.7 Å². The highest BCUT2D eigenvalue weighted by Gasteiger charge is 2.32. The molecule has 3 heterocycles. The number of alkyl halides is 6. The summed E-state index contributed by atoms with van der Waals surface area (Å²) in [4.78, 5) is 30.4. The molecule has 0 aliphatic carbocycles. The molecule has 9 aromatic carbocycles. The minimum atomic E-state index is -4.51. The number of hydrogen-bond acceptors (Lipinski definition) is 17. The molecule has 18 nitrogen and oxygen atoms in total. The lowest BCUT2D eigenvalue weighted by atomic mass is 9.87. The number of aryl methyl sites for hydroxylation is 3. The lowest BCUT2D eigenvalue weighted by molar-refractivity contribution is -0.385. The Kier molecular flexibility index (Phi) is 34.0. The van der Waals surface area contributed by atoms with E-state index in [2.05, 4.69) is 169 Å². The van der Waals surface area contributed by atoms with Crippen LogP contribution < -0.4 is 20.3 Å². The van der Waals surface area contributed by atoms with Gasteiger partial charge in [0.05, 0.1) is 98.0 Å².